The third kappa shape index (κ3) is 9.85. The van der Waals surface area contributed by atoms with Crippen molar-refractivity contribution >= 4 is 27.5 Å². The molecule has 3 N–H and O–H groups in total. The predicted molar refractivity (Wildman–Crippen MR) is 165 cm³/mol. The lowest BCUT2D eigenvalue weighted by Gasteiger charge is -2.31. The summed E-state index contributed by atoms with van der Waals surface area (Å²) in [7, 11) is -3.98. The molecule has 0 bridgehead atoms. The summed E-state index contributed by atoms with van der Waals surface area (Å²) in [6, 6.07) is 24.0. The van der Waals surface area contributed by atoms with E-state index in [-0.39, 0.29) is 42.4 Å². The van der Waals surface area contributed by atoms with Gasteiger partial charge >= 0.3 is 0 Å². The Morgan fingerprint density at radius 2 is 1.44 bits per heavy atom. The van der Waals surface area contributed by atoms with Crippen molar-refractivity contribution in [2.24, 2.45) is 0 Å². The monoisotopic (exact) mass is 637 g/mol. The quantitative estimate of drug-likeness (QED) is 0.167. The van der Waals surface area contributed by atoms with Crippen molar-refractivity contribution in [1.82, 2.24) is 10.2 Å². The van der Waals surface area contributed by atoms with Gasteiger partial charge in [-0.1, -0.05) is 42.5 Å². The van der Waals surface area contributed by atoms with Crippen LogP contribution in [0.25, 0.3) is 0 Å². The molecule has 1 atom stereocenters. The van der Waals surface area contributed by atoms with Gasteiger partial charge < -0.3 is 20.1 Å². The van der Waals surface area contributed by atoms with Gasteiger partial charge in [-0.25, -0.2) is 17.2 Å². The summed E-state index contributed by atoms with van der Waals surface area (Å²) in [5.74, 6) is -1.70. The number of benzene rings is 4. The normalized spacial score (nSPS) is 11.8. The average molecular weight is 638 g/mol. The fraction of sp³-hybridized carbons (Fsp3) is 0.212. The van der Waals surface area contributed by atoms with Crippen LogP contribution in [-0.4, -0.2) is 56.0 Å². The molecular formula is C33H33F2N3O6S. The fourth-order valence-electron chi connectivity index (χ4n) is 4.42. The summed E-state index contributed by atoms with van der Waals surface area (Å²) >= 11 is 0. The zero-order chi connectivity index (χ0) is 32.2. The summed E-state index contributed by atoms with van der Waals surface area (Å²) in [5.41, 5.74) is 1.59. The molecule has 0 saturated carbocycles. The Labute approximate surface area is 260 Å². The van der Waals surface area contributed by atoms with Crippen LogP contribution >= 0.6 is 0 Å². The number of sulfonamides is 1. The molecule has 0 aliphatic heterocycles. The maximum atomic E-state index is 13.7. The third-order valence-electron chi connectivity index (χ3n) is 6.76. The van der Waals surface area contributed by atoms with E-state index in [0.29, 0.717) is 12.0 Å². The first kappa shape index (κ1) is 33.1. The third-order valence-corrected chi connectivity index (χ3v) is 8.16. The Hall–Kier alpha value is -4.81. The summed E-state index contributed by atoms with van der Waals surface area (Å²) in [6.07, 6.45) is 0.524. The highest BCUT2D eigenvalue weighted by Gasteiger charge is 2.30. The van der Waals surface area contributed by atoms with Crippen molar-refractivity contribution in [3.8, 4) is 5.75 Å². The molecule has 0 aliphatic rings. The lowest BCUT2D eigenvalue weighted by Crippen LogP contribution is -2.51. The van der Waals surface area contributed by atoms with Crippen LogP contribution < -0.4 is 14.8 Å². The van der Waals surface area contributed by atoms with Crippen LogP contribution in [-0.2, 0) is 32.6 Å². The maximum absolute atomic E-state index is 13.7. The van der Waals surface area contributed by atoms with Gasteiger partial charge in [-0.3, -0.25) is 14.3 Å². The molecule has 0 aromatic heterocycles. The number of hydrogen-bond donors (Lipinski definition) is 3. The summed E-state index contributed by atoms with van der Waals surface area (Å²) in [4.78, 5) is 28.4. The van der Waals surface area contributed by atoms with Crippen LogP contribution in [0.15, 0.2) is 108 Å². The molecule has 0 aliphatic carbocycles. The van der Waals surface area contributed by atoms with Crippen LogP contribution in [0, 0.1) is 11.6 Å². The van der Waals surface area contributed by atoms with E-state index in [9.17, 15) is 31.9 Å². The standard InChI is InChI=1S/C33H33F2N3O6S/c34-26-9-7-25(8-10-26)22-38(31(33(41)36-19-4-20-39)21-24-5-2-1-3-6-24)32(40)23-44-29-15-17-30(18-16-29)45(42,43)37-28-13-11-27(35)12-14-28/h1-3,5-18,31,37,39H,4,19-23H2,(H,36,41)/t31-/m1/s1. The molecule has 12 heteroatoms. The molecule has 0 heterocycles. The van der Waals surface area contributed by atoms with Gasteiger partial charge in [0.25, 0.3) is 15.9 Å². The maximum Gasteiger partial charge on any atom is 0.261 e. The van der Waals surface area contributed by atoms with E-state index >= 15 is 0 Å². The second-order valence-corrected chi connectivity index (χ2v) is 11.8. The smallest absolute Gasteiger partial charge is 0.261 e. The Kier molecular flexibility index (Phi) is 11.6. The van der Waals surface area contributed by atoms with Gasteiger partial charge in [-0.05, 0) is 78.2 Å². The Morgan fingerprint density at radius 1 is 0.822 bits per heavy atom. The number of hydrogen-bond acceptors (Lipinski definition) is 6. The highest BCUT2D eigenvalue weighted by molar-refractivity contribution is 7.92. The summed E-state index contributed by atoms with van der Waals surface area (Å²) in [5, 5.41) is 11.9. The molecule has 0 saturated heterocycles. The predicted octanol–water partition coefficient (Wildman–Crippen LogP) is 4.28. The first-order valence-electron chi connectivity index (χ1n) is 14.1. The van der Waals surface area contributed by atoms with Gasteiger partial charge in [0.15, 0.2) is 6.61 Å². The topological polar surface area (TPSA) is 125 Å². The molecule has 4 aromatic rings. The summed E-state index contributed by atoms with van der Waals surface area (Å²) < 4.78 is 60.4. The van der Waals surface area contributed by atoms with Gasteiger partial charge in [0.05, 0.1) is 4.90 Å². The van der Waals surface area contributed by atoms with Gasteiger partial charge in [-0.15, -0.1) is 0 Å². The number of halogens is 2. The van der Waals surface area contributed by atoms with Crippen molar-refractivity contribution in [1.29, 1.82) is 0 Å². The van der Waals surface area contributed by atoms with E-state index < -0.39 is 46.1 Å². The number of anilines is 1. The molecule has 236 valence electrons. The molecule has 0 spiro atoms. The highest BCUT2D eigenvalue weighted by atomic mass is 32.2. The minimum Gasteiger partial charge on any atom is -0.484 e. The Morgan fingerprint density at radius 3 is 2.07 bits per heavy atom. The van der Waals surface area contributed by atoms with Crippen molar-refractivity contribution in [3.63, 3.8) is 0 Å². The summed E-state index contributed by atoms with van der Waals surface area (Å²) in [6.45, 7) is -0.394. The van der Waals surface area contributed by atoms with Crippen LogP contribution in [0.2, 0.25) is 0 Å². The molecule has 0 unspecified atom stereocenters. The molecule has 2 amide bonds. The van der Waals surface area contributed by atoms with Gasteiger partial charge in [-0.2, -0.15) is 0 Å². The van der Waals surface area contributed by atoms with E-state index in [4.69, 9.17) is 4.74 Å². The van der Waals surface area contributed by atoms with Crippen LogP contribution in [0.5, 0.6) is 5.75 Å². The molecular weight excluding hydrogens is 604 g/mol. The van der Waals surface area contributed by atoms with E-state index in [2.05, 4.69) is 10.0 Å². The van der Waals surface area contributed by atoms with Crippen molar-refractivity contribution in [3.05, 3.63) is 126 Å². The molecule has 45 heavy (non-hydrogen) atoms. The number of ether oxygens (including phenoxy) is 1. The zero-order valence-corrected chi connectivity index (χ0v) is 25.1. The molecule has 0 radical (unpaired) electrons. The molecule has 4 rings (SSSR count). The van der Waals surface area contributed by atoms with E-state index in [1.807, 2.05) is 30.3 Å². The second-order valence-electron chi connectivity index (χ2n) is 10.1. The lowest BCUT2D eigenvalue weighted by molar-refractivity contribution is -0.142. The van der Waals surface area contributed by atoms with Crippen molar-refractivity contribution < 1.29 is 36.6 Å². The first-order valence-corrected chi connectivity index (χ1v) is 15.6. The number of nitrogens with zero attached hydrogens (tertiary/aromatic N) is 1. The molecule has 0 fully saturated rings. The Bertz CT molecular complexity index is 1650. The van der Waals surface area contributed by atoms with Crippen LogP contribution in [0.4, 0.5) is 14.5 Å². The number of rotatable bonds is 15. The SMILES string of the molecule is O=C(NCCCO)[C@@H](Cc1ccccc1)N(Cc1ccc(F)cc1)C(=O)COc1ccc(S(=O)(=O)Nc2ccc(F)cc2)cc1. The van der Waals surface area contributed by atoms with Crippen LogP contribution in [0.1, 0.15) is 17.5 Å². The van der Waals surface area contributed by atoms with Gasteiger partial charge in [0.1, 0.15) is 23.4 Å². The molecule has 9 nitrogen and oxygen atoms in total. The van der Waals surface area contributed by atoms with Crippen LogP contribution in [0.3, 0.4) is 0 Å². The number of carbonyl (C=O) groups excluding carboxylic acids is 2. The van der Waals surface area contributed by atoms with E-state index in [1.165, 1.54) is 65.6 Å². The first-order chi connectivity index (χ1) is 21.6. The van der Waals surface area contributed by atoms with Crippen molar-refractivity contribution in [2.45, 2.75) is 30.3 Å². The van der Waals surface area contributed by atoms with Gasteiger partial charge in [0.2, 0.25) is 5.91 Å². The van der Waals surface area contributed by atoms with E-state index in [1.54, 1.807) is 0 Å². The average Bonchev–Trinajstić information content (AvgIpc) is 3.04. The zero-order valence-electron chi connectivity index (χ0n) is 24.2. The molecule has 4 aromatic carbocycles. The van der Waals surface area contributed by atoms with Gasteiger partial charge in [0, 0.05) is 31.8 Å². The number of amides is 2. The number of carbonyl (C=O) groups is 2. The largest absolute Gasteiger partial charge is 0.484 e. The fourth-order valence-corrected chi connectivity index (χ4v) is 5.48. The highest BCUT2D eigenvalue weighted by Crippen LogP contribution is 2.21. The number of nitrogens with one attached hydrogen (secondary N) is 2. The number of aliphatic hydroxyl groups excluding tert-OH is 1. The Balaban J connectivity index is 1.52. The number of aliphatic hydroxyl groups is 1. The minimum absolute atomic E-state index is 0.0143. The van der Waals surface area contributed by atoms with Crippen molar-refractivity contribution in [2.75, 3.05) is 24.5 Å². The minimum atomic E-state index is -3.98. The lowest BCUT2D eigenvalue weighted by atomic mass is 10.0. The second kappa shape index (κ2) is 15.8. The van der Waals surface area contributed by atoms with E-state index in [0.717, 1.165) is 17.7 Å².